The van der Waals surface area contributed by atoms with E-state index in [-0.39, 0.29) is 65.0 Å². The second-order valence-corrected chi connectivity index (χ2v) is 20.1. The normalized spacial score (nSPS) is 34.4. The van der Waals surface area contributed by atoms with Crippen LogP contribution in [0.5, 0.6) is 11.5 Å². The van der Waals surface area contributed by atoms with Crippen molar-refractivity contribution >= 4 is 41.1 Å². The van der Waals surface area contributed by atoms with E-state index < -0.39 is 144 Å². The number of allylic oxidation sites excluding steroid dienone is 4. The zero-order chi connectivity index (χ0) is 54.1. The van der Waals surface area contributed by atoms with Crippen LogP contribution in [0.2, 0.25) is 10.0 Å². The molecule has 2 saturated heterocycles. The topological polar surface area (TPSA) is 267 Å². The second-order valence-electron chi connectivity index (χ2n) is 19.4. The summed E-state index contributed by atoms with van der Waals surface area (Å²) in [7, 11) is 1.26. The summed E-state index contributed by atoms with van der Waals surface area (Å²) in [5, 5.41) is 76.5. The van der Waals surface area contributed by atoms with Gasteiger partial charge in [0.1, 0.15) is 46.7 Å². The fourth-order valence-electron chi connectivity index (χ4n) is 8.60. The van der Waals surface area contributed by atoms with E-state index in [0.717, 1.165) is 0 Å². The van der Waals surface area contributed by atoms with Crippen LogP contribution in [0.3, 0.4) is 0 Å². The summed E-state index contributed by atoms with van der Waals surface area (Å²) in [6.07, 6.45) is -5.45. The molecule has 0 radical (unpaired) electrons. The number of aliphatic hydroxyl groups is 5. The predicted molar refractivity (Wildman–Crippen MR) is 265 cm³/mol. The molecule has 7 N–H and O–H groups in total. The van der Waals surface area contributed by atoms with Gasteiger partial charge in [-0.2, -0.15) is 0 Å². The second kappa shape index (κ2) is 28.5. The molecule has 2 fully saturated rings. The van der Waals surface area contributed by atoms with Crippen molar-refractivity contribution < 1.29 is 118 Å². The zero-order valence-corrected chi connectivity index (χ0v) is 47.5. The summed E-state index contributed by atoms with van der Waals surface area (Å²) in [6, 6.07) is 0. The number of aromatic hydroxyl groups is 2. The Bertz CT molecular complexity index is 2220. The van der Waals surface area contributed by atoms with Gasteiger partial charge in [0.15, 0.2) is 36.3 Å². The Morgan fingerprint density at radius 1 is 0.904 bits per heavy atom. The number of phenols is 2. The van der Waals surface area contributed by atoms with Crippen molar-refractivity contribution in [3.8, 4) is 11.5 Å². The smallest absolute Gasteiger partial charge is 0.505 e. The molecule has 3 aliphatic heterocycles. The SMILES string of the molecule is CCc1c(Cl)c(O)c(Cl)c(O)c1C(=O)O[C@H]1[C@H](O)[C@H](OC)[C@H](OC/C2=C\C=C\C[C@H](O)/C(C)=C/[C@H](CC)[C@@H](O[C@@H]3OC(C)(C)[C@@H](OC(=O)C(C)C)[C@H](O)[C@@H]3O)/C(C)=C/C(C)=C/C[C@@H]([C@@H](C)O)OC2=O)O[C@@H]1C.[Na+]. The number of rotatable bonds is 13. The molecular weight excluding hydrogens is 1010 g/mol. The van der Waals surface area contributed by atoms with Crippen molar-refractivity contribution in [1.82, 2.24) is 0 Å². The van der Waals surface area contributed by atoms with E-state index >= 15 is 0 Å². The molecule has 1 aromatic rings. The van der Waals surface area contributed by atoms with Crippen LogP contribution in [0.1, 0.15) is 111 Å². The van der Waals surface area contributed by atoms with E-state index in [1.54, 1.807) is 53.7 Å². The minimum absolute atomic E-state index is 0. The standard InChI is InChI=1S/C52H74Cl2O18.Na/c1-13-30-22-26(6)33(56)18-16-15-17-31(23-66-51-45(65-12)42(61)44(29(9)67-51)69-49(64)35-32(14-2)36(53)39(58)37(54)38(35)57)48(63)68-34(28(8)55)20-19-25(5)21-27(7)43(30)70-50-41(60)40(59)46(52(10,11)72-50)71-47(62)24(3)4;/h15-17,19,21-22,24,28-30,33-34,40-46,50-51,55-61H,13-14,18,20,23H2,1-12H3;/q;+1/b16-15+,25-19+,26-22+,27-21+,31-17+;/t28-,29-,30+,33+,34+,40-,41+,42+,43+,44-,45+,46+,50-,51-;/m1./s1. The molecule has 21 heteroatoms. The monoisotopic (exact) mass is 1080 g/mol. The van der Waals surface area contributed by atoms with Crippen molar-refractivity contribution in [2.45, 2.75) is 187 Å². The molecule has 0 saturated carbocycles. The first-order chi connectivity index (χ1) is 33.7. The van der Waals surface area contributed by atoms with Crippen LogP contribution in [0.4, 0.5) is 0 Å². The van der Waals surface area contributed by atoms with E-state index in [2.05, 4.69) is 0 Å². The minimum Gasteiger partial charge on any atom is -0.505 e. The van der Waals surface area contributed by atoms with Crippen molar-refractivity contribution in [2.24, 2.45) is 11.8 Å². The quantitative estimate of drug-likeness (QED) is 0.0647. The molecule has 0 aromatic heterocycles. The number of benzene rings is 1. The largest absolute Gasteiger partial charge is 1.00 e. The zero-order valence-electron chi connectivity index (χ0n) is 44.0. The molecule has 4 rings (SSSR count). The van der Waals surface area contributed by atoms with Gasteiger partial charge in [0.25, 0.3) is 0 Å². The number of hydrogen-bond acceptors (Lipinski definition) is 18. The van der Waals surface area contributed by atoms with Crippen LogP contribution in [-0.4, -0.2) is 153 Å². The van der Waals surface area contributed by atoms with Crippen LogP contribution in [0.25, 0.3) is 0 Å². The summed E-state index contributed by atoms with van der Waals surface area (Å²) in [4.78, 5) is 40.0. The molecular formula is C52H74Cl2NaO18+. The van der Waals surface area contributed by atoms with Crippen LogP contribution < -0.4 is 29.6 Å². The van der Waals surface area contributed by atoms with Crippen LogP contribution in [0.15, 0.2) is 58.7 Å². The molecule has 3 aliphatic rings. The molecule has 73 heavy (non-hydrogen) atoms. The summed E-state index contributed by atoms with van der Waals surface area (Å²) in [5.74, 6) is -4.78. The molecule has 404 valence electrons. The number of methoxy groups -OCH3 is 1. The number of carbonyl (C=O) groups excluding carboxylic acids is 3. The molecule has 0 spiro atoms. The third-order valence-corrected chi connectivity index (χ3v) is 13.8. The first-order valence-electron chi connectivity index (χ1n) is 24.2. The van der Waals surface area contributed by atoms with Crippen LogP contribution in [0, 0.1) is 11.8 Å². The number of phenolic OH excluding ortho intramolecular Hbond substituents is 2. The van der Waals surface area contributed by atoms with Gasteiger partial charge in [0.2, 0.25) is 0 Å². The van der Waals surface area contributed by atoms with Crippen molar-refractivity contribution in [3.63, 3.8) is 0 Å². The van der Waals surface area contributed by atoms with E-state index in [4.69, 9.17) is 61.1 Å². The van der Waals surface area contributed by atoms with Gasteiger partial charge in [-0.15, -0.1) is 0 Å². The number of esters is 3. The van der Waals surface area contributed by atoms with Gasteiger partial charge in [-0.05, 0) is 90.5 Å². The van der Waals surface area contributed by atoms with Crippen molar-refractivity contribution in [1.29, 1.82) is 0 Å². The van der Waals surface area contributed by atoms with E-state index in [9.17, 15) is 50.1 Å². The van der Waals surface area contributed by atoms with Gasteiger partial charge in [0.05, 0.1) is 47.5 Å². The Morgan fingerprint density at radius 3 is 2.15 bits per heavy atom. The van der Waals surface area contributed by atoms with E-state index in [0.29, 0.717) is 23.1 Å². The molecule has 1 aromatic carbocycles. The van der Waals surface area contributed by atoms with Crippen LogP contribution in [-0.2, 0) is 53.9 Å². The molecule has 14 atom stereocenters. The number of hydrogen-bond donors (Lipinski definition) is 7. The number of halogens is 2. The Labute approximate surface area is 460 Å². The first-order valence-corrected chi connectivity index (χ1v) is 24.9. The van der Waals surface area contributed by atoms with Gasteiger partial charge in [-0.1, -0.05) is 86.9 Å². The maximum atomic E-state index is 13.9. The Morgan fingerprint density at radius 2 is 1.56 bits per heavy atom. The van der Waals surface area contributed by atoms with Gasteiger partial charge in [-0.25, -0.2) is 9.59 Å². The number of carbonyl (C=O) groups is 3. The van der Waals surface area contributed by atoms with Crippen LogP contribution >= 0.6 is 23.2 Å². The van der Waals surface area contributed by atoms with Gasteiger partial charge in [-0.3, -0.25) is 4.79 Å². The summed E-state index contributed by atoms with van der Waals surface area (Å²) >= 11 is 12.3. The fourth-order valence-corrected chi connectivity index (χ4v) is 9.16. The molecule has 18 nitrogen and oxygen atoms in total. The number of aliphatic hydroxyl groups excluding tert-OH is 5. The molecule has 0 unspecified atom stereocenters. The van der Waals surface area contributed by atoms with Gasteiger partial charge in [0, 0.05) is 19.4 Å². The Balaban J connectivity index is 0.0000141. The first kappa shape index (κ1) is 64.4. The predicted octanol–water partition coefficient (Wildman–Crippen LogP) is 3.24. The molecule has 0 amide bonds. The maximum Gasteiger partial charge on any atom is 1.00 e. The number of cyclic esters (lactones) is 1. The number of ether oxygens (including phenoxy) is 8. The summed E-state index contributed by atoms with van der Waals surface area (Å²) < 4.78 is 47.5. The van der Waals surface area contributed by atoms with Crippen molar-refractivity contribution in [3.05, 3.63) is 79.9 Å². The van der Waals surface area contributed by atoms with E-state index in [1.807, 2.05) is 32.9 Å². The summed E-state index contributed by atoms with van der Waals surface area (Å²) in [6.45, 7) is 18.1. The average molecular weight is 1080 g/mol. The molecule has 0 bridgehead atoms. The maximum absolute atomic E-state index is 13.9. The third kappa shape index (κ3) is 16.1. The van der Waals surface area contributed by atoms with Crippen molar-refractivity contribution in [2.75, 3.05) is 13.7 Å². The molecule has 3 heterocycles. The Kier molecular flexibility index (Phi) is 25.1. The van der Waals surface area contributed by atoms with Gasteiger partial charge < -0.3 is 73.6 Å². The Hall–Kier alpha value is -2.89. The third-order valence-electron chi connectivity index (χ3n) is 13.0. The minimum atomic E-state index is -1.61. The molecule has 0 aliphatic carbocycles. The summed E-state index contributed by atoms with van der Waals surface area (Å²) in [5.41, 5.74) is 0.318. The fraction of sp³-hybridized carbons (Fsp3) is 0.635. The van der Waals surface area contributed by atoms with E-state index in [1.165, 1.54) is 33.1 Å². The van der Waals surface area contributed by atoms with Gasteiger partial charge >= 0.3 is 47.5 Å². The average Bonchev–Trinajstić information content (AvgIpc) is 3.32.